The number of nitrogens with zero attached hydrogens (tertiary/aromatic N) is 2. The van der Waals surface area contributed by atoms with Crippen molar-refractivity contribution in [3.63, 3.8) is 0 Å². The lowest BCUT2D eigenvalue weighted by Gasteiger charge is -2.11. The van der Waals surface area contributed by atoms with E-state index in [1.165, 1.54) is 21.9 Å². The second kappa shape index (κ2) is 5.91. The largest absolute Gasteiger partial charge is 0.416 e. The van der Waals surface area contributed by atoms with Gasteiger partial charge in [-0.15, -0.1) is 11.3 Å². The standard InChI is InChI=1S/C14H7ClF3N3O2S/c15-9-2-1-7(14(16,17)18)5-10(9)20-11(22)8-6-19-13-21(12(8)23)3-4-24-13/h1-6H,(H,20,22). The smallest absolute Gasteiger partial charge is 0.320 e. The molecule has 10 heteroatoms. The van der Waals surface area contributed by atoms with Gasteiger partial charge in [0.25, 0.3) is 11.5 Å². The summed E-state index contributed by atoms with van der Waals surface area (Å²) in [5, 5.41) is 3.75. The molecule has 0 aliphatic heterocycles. The van der Waals surface area contributed by atoms with E-state index in [9.17, 15) is 22.8 Å². The molecule has 2 heterocycles. The van der Waals surface area contributed by atoms with Crippen LogP contribution in [0.15, 0.2) is 40.8 Å². The summed E-state index contributed by atoms with van der Waals surface area (Å²) < 4.78 is 39.4. The van der Waals surface area contributed by atoms with E-state index in [1.807, 2.05) is 0 Å². The fourth-order valence-corrected chi connectivity index (χ4v) is 2.81. The lowest BCUT2D eigenvalue weighted by Crippen LogP contribution is -2.26. The highest BCUT2D eigenvalue weighted by molar-refractivity contribution is 7.15. The third-order valence-corrected chi connectivity index (χ3v) is 4.23. The van der Waals surface area contributed by atoms with Crippen molar-refractivity contribution in [3.8, 4) is 0 Å². The maximum Gasteiger partial charge on any atom is 0.416 e. The van der Waals surface area contributed by atoms with Crippen molar-refractivity contribution < 1.29 is 18.0 Å². The number of carbonyl (C=O) groups is 1. The number of alkyl halides is 3. The van der Waals surface area contributed by atoms with Gasteiger partial charge in [0.05, 0.1) is 16.3 Å². The van der Waals surface area contributed by atoms with Gasteiger partial charge in [-0.1, -0.05) is 11.6 Å². The third-order valence-electron chi connectivity index (χ3n) is 3.13. The average Bonchev–Trinajstić information content (AvgIpc) is 2.98. The van der Waals surface area contributed by atoms with Crippen molar-refractivity contribution in [3.05, 3.63) is 62.5 Å². The molecule has 1 amide bonds. The number of thiazole rings is 1. The van der Waals surface area contributed by atoms with Crippen LogP contribution >= 0.6 is 22.9 Å². The molecule has 1 aromatic carbocycles. The molecule has 0 saturated heterocycles. The third kappa shape index (κ3) is 3.00. The number of benzene rings is 1. The van der Waals surface area contributed by atoms with Crippen LogP contribution in [0.2, 0.25) is 5.02 Å². The van der Waals surface area contributed by atoms with E-state index in [1.54, 1.807) is 5.38 Å². The fourth-order valence-electron chi connectivity index (χ4n) is 1.97. The second-order valence-electron chi connectivity index (χ2n) is 4.68. The first kappa shape index (κ1) is 16.5. The van der Waals surface area contributed by atoms with Crippen LogP contribution in [0.5, 0.6) is 0 Å². The van der Waals surface area contributed by atoms with Gasteiger partial charge in [-0.05, 0) is 18.2 Å². The number of hydrogen-bond acceptors (Lipinski definition) is 4. The summed E-state index contributed by atoms with van der Waals surface area (Å²) in [5.41, 5.74) is -2.14. The number of carbonyl (C=O) groups excluding carboxylic acids is 1. The molecule has 124 valence electrons. The van der Waals surface area contributed by atoms with Gasteiger partial charge < -0.3 is 5.32 Å². The Labute approximate surface area is 141 Å². The molecule has 0 unspecified atom stereocenters. The summed E-state index contributed by atoms with van der Waals surface area (Å²) in [5.74, 6) is -0.894. The summed E-state index contributed by atoms with van der Waals surface area (Å²) in [4.78, 5) is 28.7. The molecule has 5 nitrogen and oxygen atoms in total. The molecule has 0 radical (unpaired) electrons. The zero-order valence-electron chi connectivity index (χ0n) is 11.6. The Morgan fingerprint density at radius 3 is 2.79 bits per heavy atom. The highest BCUT2D eigenvalue weighted by Crippen LogP contribution is 2.33. The summed E-state index contributed by atoms with van der Waals surface area (Å²) in [7, 11) is 0. The molecule has 0 fully saturated rings. The maximum atomic E-state index is 12.7. The summed E-state index contributed by atoms with van der Waals surface area (Å²) in [6, 6.07) is 2.52. The van der Waals surface area contributed by atoms with E-state index in [0.717, 1.165) is 18.3 Å². The van der Waals surface area contributed by atoms with Crippen LogP contribution in [0, 0.1) is 0 Å². The van der Waals surface area contributed by atoms with Crippen LogP contribution in [0.4, 0.5) is 18.9 Å². The van der Waals surface area contributed by atoms with Crippen molar-refractivity contribution >= 4 is 39.5 Å². The van der Waals surface area contributed by atoms with Gasteiger partial charge in [0, 0.05) is 17.8 Å². The minimum absolute atomic E-state index is 0.0824. The predicted molar refractivity (Wildman–Crippen MR) is 83.7 cm³/mol. The van der Waals surface area contributed by atoms with Crippen molar-refractivity contribution in [1.29, 1.82) is 0 Å². The van der Waals surface area contributed by atoms with Crippen LogP contribution in [0.25, 0.3) is 4.96 Å². The van der Waals surface area contributed by atoms with E-state index in [2.05, 4.69) is 10.3 Å². The van der Waals surface area contributed by atoms with Crippen LogP contribution in [0.1, 0.15) is 15.9 Å². The normalized spacial score (nSPS) is 11.7. The molecular weight excluding hydrogens is 367 g/mol. The maximum absolute atomic E-state index is 12.7. The number of rotatable bonds is 2. The molecule has 2 aromatic heterocycles. The average molecular weight is 374 g/mol. The van der Waals surface area contributed by atoms with Crippen molar-refractivity contribution in [2.24, 2.45) is 0 Å². The second-order valence-corrected chi connectivity index (χ2v) is 5.96. The fraction of sp³-hybridized carbons (Fsp3) is 0.0714. The SMILES string of the molecule is O=C(Nc1cc(C(F)(F)F)ccc1Cl)c1cnc2sccn2c1=O. The molecule has 3 rings (SSSR count). The Hall–Kier alpha value is -2.39. The molecule has 0 saturated carbocycles. The van der Waals surface area contributed by atoms with Crippen LogP contribution in [0.3, 0.4) is 0 Å². The molecule has 0 aliphatic carbocycles. The van der Waals surface area contributed by atoms with Crippen LogP contribution in [-0.4, -0.2) is 15.3 Å². The number of halogens is 4. The molecule has 24 heavy (non-hydrogen) atoms. The van der Waals surface area contributed by atoms with Gasteiger partial charge in [0.2, 0.25) is 0 Å². The van der Waals surface area contributed by atoms with E-state index in [4.69, 9.17) is 11.6 Å². The van der Waals surface area contributed by atoms with Crippen molar-refractivity contribution in [2.75, 3.05) is 5.32 Å². The zero-order chi connectivity index (χ0) is 17.5. The van der Waals surface area contributed by atoms with E-state index in [0.29, 0.717) is 11.0 Å². The summed E-state index contributed by atoms with van der Waals surface area (Å²) in [6.07, 6.45) is -2.06. The minimum Gasteiger partial charge on any atom is -0.320 e. The Bertz CT molecular complexity index is 997. The predicted octanol–water partition coefficient (Wildman–Crippen LogP) is 3.68. The molecule has 0 spiro atoms. The van der Waals surface area contributed by atoms with Crippen LogP contribution in [-0.2, 0) is 6.18 Å². The van der Waals surface area contributed by atoms with E-state index >= 15 is 0 Å². The van der Waals surface area contributed by atoms with Gasteiger partial charge in [-0.2, -0.15) is 13.2 Å². The lowest BCUT2D eigenvalue weighted by molar-refractivity contribution is -0.137. The van der Waals surface area contributed by atoms with Gasteiger partial charge in [0.15, 0.2) is 4.96 Å². The quantitative estimate of drug-likeness (QED) is 0.745. The number of fused-ring (bicyclic) bond motifs is 1. The lowest BCUT2D eigenvalue weighted by atomic mass is 10.2. The van der Waals surface area contributed by atoms with Gasteiger partial charge in [-0.25, -0.2) is 4.98 Å². The first-order valence-corrected chi connectivity index (χ1v) is 7.66. The Morgan fingerprint density at radius 1 is 1.33 bits per heavy atom. The molecule has 0 atom stereocenters. The Kier molecular flexibility index (Phi) is 4.06. The van der Waals surface area contributed by atoms with Crippen molar-refractivity contribution in [2.45, 2.75) is 6.18 Å². The first-order valence-electron chi connectivity index (χ1n) is 6.40. The van der Waals surface area contributed by atoms with Crippen molar-refractivity contribution in [1.82, 2.24) is 9.38 Å². The highest BCUT2D eigenvalue weighted by Gasteiger charge is 2.31. The molecular formula is C14H7ClF3N3O2S. The van der Waals surface area contributed by atoms with E-state index in [-0.39, 0.29) is 16.3 Å². The van der Waals surface area contributed by atoms with Gasteiger partial charge in [0.1, 0.15) is 5.56 Å². The monoisotopic (exact) mass is 373 g/mol. The molecule has 3 aromatic rings. The summed E-state index contributed by atoms with van der Waals surface area (Å²) in [6.45, 7) is 0. The first-order chi connectivity index (χ1) is 11.3. The number of amides is 1. The van der Waals surface area contributed by atoms with E-state index < -0.39 is 23.2 Å². The van der Waals surface area contributed by atoms with Gasteiger partial charge in [-0.3, -0.25) is 14.0 Å². The number of aromatic nitrogens is 2. The van der Waals surface area contributed by atoms with Gasteiger partial charge >= 0.3 is 6.18 Å². The number of hydrogen-bond donors (Lipinski definition) is 1. The minimum atomic E-state index is -4.58. The summed E-state index contributed by atoms with van der Waals surface area (Å²) >= 11 is 7.02. The Morgan fingerprint density at radius 2 is 2.08 bits per heavy atom. The topological polar surface area (TPSA) is 63.5 Å². The number of nitrogens with one attached hydrogen (secondary N) is 1. The number of anilines is 1. The molecule has 0 aliphatic rings. The highest BCUT2D eigenvalue weighted by atomic mass is 35.5. The molecule has 1 N–H and O–H groups in total. The Balaban J connectivity index is 1.97. The zero-order valence-corrected chi connectivity index (χ0v) is 13.2. The molecule has 0 bridgehead atoms. The van der Waals surface area contributed by atoms with Crippen LogP contribution < -0.4 is 10.9 Å².